The number of hydrogen-bond donors (Lipinski definition) is 1. The van der Waals surface area contributed by atoms with Gasteiger partial charge in [0.05, 0.1) is 0 Å². The maximum atomic E-state index is 12.5. The molecule has 1 N–H and O–H groups in total. The summed E-state index contributed by atoms with van der Waals surface area (Å²) in [5, 5.41) is 3.30. The molecular formula is C14H18F3NS. The van der Waals surface area contributed by atoms with Crippen LogP contribution in [-0.4, -0.2) is 11.6 Å². The molecule has 0 radical (unpaired) electrons. The molecule has 1 aliphatic rings. The van der Waals surface area contributed by atoms with Crippen molar-refractivity contribution in [3.63, 3.8) is 0 Å². The van der Waals surface area contributed by atoms with E-state index in [0.29, 0.717) is 11.6 Å². The molecule has 0 spiro atoms. The van der Waals surface area contributed by atoms with Gasteiger partial charge in [0.1, 0.15) is 0 Å². The smallest absolute Gasteiger partial charge is 0.381 e. The minimum absolute atomic E-state index is 0.0453. The lowest BCUT2D eigenvalue weighted by Gasteiger charge is -2.31. The van der Waals surface area contributed by atoms with Gasteiger partial charge in [-0.05, 0) is 42.7 Å². The zero-order valence-electron chi connectivity index (χ0n) is 10.8. The van der Waals surface area contributed by atoms with E-state index in [1.54, 1.807) is 18.2 Å². The Morgan fingerprint density at radius 1 is 1.16 bits per heavy atom. The lowest BCUT2D eigenvalue weighted by atomic mass is 9.86. The fourth-order valence-electron chi connectivity index (χ4n) is 2.53. The van der Waals surface area contributed by atoms with Gasteiger partial charge >= 0.3 is 5.51 Å². The molecule has 2 rings (SSSR count). The molecule has 0 saturated heterocycles. The summed E-state index contributed by atoms with van der Waals surface area (Å²) in [4.78, 5) is 0.257. The van der Waals surface area contributed by atoms with Gasteiger partial charge in [0, 0.05) is 16.6 Å². The summed E-state index contributed by atoms with van der Waals surface area (Å²) in [7, 11) is 0. The van der Waals surface area contributed by atoms with Crippen LogP contribution in [0.4, 0.5) is 18.9 Å². The third kappa shape index (κ3) is 4.34. The minimum atomic E-state index is -4.24. The first-order chi connectivity index (χ1) is 8.96. The van der Waals surface area contributed by atoms with Crippen LogP contribution in [0.5, 0.6) is 0 Å². The zero-order chi connectivity index (χ0) is 13.9. The van der Waals surface area contributed by atoms with E-state index >= 15 is 0 Å². The van der Waals surface area contributed by atoms with Crippen LogP contribution in [-0.2, 0) is 0 Å². The van der Waals surface area contributed by atoms with Crippen molar-refractivity contribution in [3.05, 3.63) is 24.3 Å². The quantitative estimate of drug-likeness (QED) is 0.759. The standard InChI is InChI=1S/C14H18F3NS/c1-10-6-2-3-7-11(10)18-12-8-4-5-9-13(12)19-14(15,16)17/h4-5,8-11,18H,2-3,6-7H2,1H3. The monoisotopic (exact) mass is 289 g/mol. The van der Waals surface area contributed by atoms with Crippen LogP contribution < -0.4 is 5.32 Å². The minimum Gasteiger partial charge on any atom is -0.381 e. The average molecular weight is 289 g/mol. The number of hydrogen-bond acceptors (Lipinski definition) is 2. The molecule has 0 aliphatic heterocycles. The van der Waals surface area contributed by atoms with E-state index in [4.69, 9.17) is 0 Å². The molecule has 106 valence electrons. The van der Waals surface area contributed by atoms with E-state index in [9.17, 15) is 13.2 Å². The first-order valence-corrected chi connectivity index (χ1v) is 7.38. The number of benzene rings is 1. The van der Waals surface area contributed by atoms with Crippen molar-refractivity contribution >= 4 is 17.4 Å². The van der Waals surface area contributed by atoms with Crippen LogP contribution in [0.1, 0.15) is 32.6 Å². The van der Waals surface area contributed by atoms with E-state index in [0.717, 1.165) is 19.3 Å². The van der Waals surface area contributed by atoms with Crippen molar-refractivity contribution in [2.75, 3.05) is 5.32 Å². The molecule has 0 heterocycles. The number of nitrogens with one attached hydrogen (secondary N) is 1. The van der Waals surface area contributed by atoms with Crippen LogP contribution in [0, 0.1) is 5.92 Å². The number of anilines is 1. The van der Waals surface area contributed by atoms with Gasteiger partial charge in [0.25, 0.3) is 0 Å². The highest BCUT2D eigenvalue weighted by Gasteiger charge is 2.31. The Hall–Kier alpha value is -0.840. The number of thioether (sulfide) groups is 1. The van der Waals surface area contributed by atoms with Gasteiger partial charge in [-0.2, -0.15) is 13.2 Å². The Kier molecular flexibility index (Phi) is 4.66. The van der Waals surface area contributed by atoms with Gasteiger partial charge in [0.15, 0.2) is 0 Å². The lowest BCUT2D eigenvalue weighted by Crippen LogP contribution is -2.30. The summed E-state index contributed by atoms with van der Waals surface area (Å²) < 4.78 is 37.5. The molecule has 1 aliphatic carbocycles. The normalized spacial score (nSPS) is 24.2. The largest absolute Gasteiger partial charge is 0.446 e. The average Bonchev–Trinajstić information content (AvgIpc) is 2.33. The number of halogens is 3. The topological polar surface area (TPSA) is 12.0 Å². The second-order valence-corrected chi connectivity index (χ2v) is 6.16. The lowest BCUT2D eigenvalue weighted by molar-refractivity contribution is -0.0327. The fraction of sp³-hybridized carbons (Fsp3) is 0.571. The second-order valence-electron chi connectivity index (χ2n) is 5.06. The first-order valence-electron chi connectivity index (χ1n) is 6.57. The van der Waals surface area contributed by atoms with Crippen LogP contribution in [0.2, 0.25) is 0 Å². The Bertz CT molecular complexity index is 419. The summed E-state index contributed by atoms with van der Waals surface area (Å²) in [6, 6.07) is 6.95. The van der Waals surface area contributed by atoms with Gasteiger partial charge in [-0.1, -0.05) is 31.9 Å². The maximum Gasteiger partial charge on any atom is 0.446 e. The highest BCUT2D eigenvalue weighted by atomic mass is 32.2. The van der Waals surface area contributed by atoms with Crippen molar-refractivity contribution in [1.82, 2.24) is 0 Å². The van der Waals surface area contributed by atoms with Gasteiger partial charge in [-0.3, -0.25) is 0 Å². The third-order valence-corrected chi connectivity index (χ3v) is 4.37. The van der Waals surface area contributed by atoms with E-state index in [1.807, 2.05) is 0 Å². The van der Waals surface area contributed by atoms with E-state index in [1.165, 1.54) is 12.5 Å². The molecule has 0 aromatic heterocycles. The Morgan fingerprint density at radius 2 is 1.84 bits per heavy atom. The maximum absolute atomic E-state index is 12.5. The summed E-state index contributed by atoms with van der Waals surface area (Å²) >= 11 is -0.0453. The van der Waals surface area contributed by atoms with Crippen molar-refractivity contribution in [2.24, 2.45) is 5.92 Å². The molecule has 1 aromatic rings. The van der Waals surface area contributed by atoms with Crippen LogP contribution in [0.15, 0.2) is 29.2 Å². The van der Waals surface area contributed by atoms with E-state index < -0.39 is 5.51 Å². The molecular weight excluding hydrogens is 271 g/mol. The van der Waals surface area contributed by atoms with Crippen molar-refractivity contribution in [1.29, 1.82) is 0 Å². The predicted octanol–water partition coefficient (Wildman–Crippen LogP) is 5.29. The molecule has 2 unspecified atom stereocenters. The highest BCUT2D eigenvalue weighted by Crippen LogP contribution is 2.41. The SMILES string of the molecule is CC1CCCCC1Nc1ccccc1SC(F)(F)F. The molecule has 0 amide bonds. The van der Waals surface area contributed by atoms with Crippen molar-refractivity contribution < 1.29 is 13.2 Å². The summed E-state index contributed by atoms with van der Waals surface area (Å²) in [5.74, 6) is 0.512. The number of rotatable bonds is 3. The summed E-state index contributed by atoms with van der Waals surface area (Å²) in [5.41, 5.74) is -3.64. The highest BCUT2D eigenvalue weighted by molar-refractivity contribution is 8.00. The molecule has 1 fully saturated rings. The number of alkyl halides is 3. The van der Waals surface area contributed by atoms with E-state index in [-0.39, 0.29) is 22.7 Å². The zero-order valence-corrected chi connectivity index (χ0v) is 11.7. The molecule has 0 bridgehead atoms. The van der Waals surface area contributed by atoms with E-state index in [2.05, 4.69) is 12.2 Å². The fourth-order valence-corrected chi connectivity index (χ4v) is 3.16. The third-order valence-electron chi connectivity index (χ3n) is 3.57. The van der Waals surface area contributed by atoms with Crippen LogP contribution in [0.3, 0.4) is 0 Å². The van der Waals surface area contributed by atoms with Gasteiger partial charge in [-0.25, -0.2) is 0 Å². The molecule has 19 heavy (non-hydrogen) atoms. The van der Waals surface area contributed by atoms with Crippen molar-refractivity contribution in [2.45, 2.75) is 49.1 Å². The molecule has 5 heteroatoms. The Balaban J connectivity index is 2.11. The summed E-state index contributed by atoms with van der Waals surface area (Å²) in [6.07, 6.45) is 4.55. The Morgan fingerprint density at radius 3 is 2.53 bits per heavy atom. The van der Waals surface area contributed by atoms with Gasteiger partial charge < -0.3 is 5.32 Å². The molecule has 1 saturated carbocycles. The van der Waals surface area contributed by atoms with Gasteiger partial charge in [0.2, 0.25) is 0 Å². The number of para-hydroxylation sites is 1. The van der Waals surface area contributed by atoms with Crippen LogP contribution in [0.25, 0.3) is 0 Å². The first kappa shape index (κ1) is 14.6. The van der Waals surface area contributed by atoms with Crippen LogP contribution >= 0.6 is 11.8 Å². The Labute approximate surface area is 116 Å². The van der Waals surface area contributed by atoms with Gasteiger partial charge in [-0.15, -0.1) is 0 Å². The van der Waals surface area contributed by atoms with Crippen molar-refractivity contribution in [3.8, 4) is 0 Å². The second kappa shape index (κ2) is 6.07. The molecule has 1 aromatic carbocycles. The predicted molar refractivity (Wildman–Crippen MR) is 73.4 cm³/mol. The molecule has 1 nitrogen and oxygen atoms in total. The summed E-state index contributed by atoms with van der Waals surface area (Å²) in [6.45, 7) is 2.16. The molecule has 2 atom stereocenters.